The summed E-state index contributed by atoms with van der Waals surface area (Å²) in [5.41, 5.74) is 1.02. The van der Waals surface area contributed by atoms with Crippen molar-refractivity contribution in [2.45, 2.75) is 25.8 Å². The predicted octanol–water partition coefficient (Wildman–Crippen LogP) is 2.15. The number of para-hydroxylation sites is 1. The van der Waals surface area contributed by atoms with Gasteiger partial charge in [0.2, 0.25) is 5.91 Å². The molecule has 114 valence electrons. The number of anilines is 1. The summed E-state index contributed by atoms with van der Waals surface area (Å²) in [6.07, 6.45) is 2.49. The van der Waals surface area contributed by atoms with Gasteiger partial charge in [-0.15, -0.1) is 0 Å². The molecule has 1 atom stereocenters. The third-order valence-electron chi connectivity index (χ3n) is 4.48. The maximum Gasteiger partial charge on any atom is 0.241 e. The summed E-state index contributed by atoms with van der Waals surface area (Å²) in [5.74, 6) is 0.876. The Morgan fingerprint density at radius 3 is 2.57 bits per heavy atom. The molecule has 1 saturated carbocycles. The van der Waals surface area contributed by atoms with Gasteiger partial charge in [-0.1, -0.05) is 18.2 Å². The van der Waals surface area contributed by atoms with Gasteiger partial charge in [0.05, 0.1) is 19.8 Å². The summed E-state index contributed by atoms with van der Waals surface area (Å²) in [5, 5.41) is 0. The summed E-state index contributed by atoms with van der Waals surface area (Å²) < 4.78 is 5.36. The molecule has 1 aromatic rings. The molecule has 2 aliphatic rings. The monoisotopic (exact) mass is 288 g/mol. The van der Waals surface area contributed by atoms with Crippen LogP contribution in [0.1, 0.15) is 19.8 Å². The van der Waals surface area contributed by atoms with Crippen LogP contribution in [0.5, 0.6) is 0 Å². The molecule has 2 fully saturated rings. The van der Waals surface area contributed by atoms with Crippen molar-refractivity contribution in [3.8, 4) is 0 Å². The van der Waals surface area contributed by atoms with Crippen LogP contribution >= 0.6 is 0 Å². The first-order valence-corrected chi connectivity index (χ1v) is 7.93. The summed E-state index contributed by atoms with van der Waals surface area (Å²) in [4.78, 5) is 17.0. The second kappa shape index (κ2) is 6.58. The van der Waals surface area contributed by atoms with E-state index < -0.39 is 0 Å². The second-order valence-corrected chi connectivity index (χ2v) is 6.07. The van der Waals surface area contributed by atoms with Gasteiger partial charge in [-0.3, -0.25) is 9.69 Å². The maximum absolute atomic E-state index is 12.8. The van der Waals surface area contributed by atoms with E-state index in [1.165, 1.54) is 12.8 Å². The predicted molar refractivity (Wildman–Crippen MR) is 83.4 cm³/mol. The number of benzene rings is 1. The van der Waals surface area contributed by atoms with Gasteiger partial charge in [0.15, 0.2) is 0 Å². The fourth-order valence-corrected chi connectivity index (χ4v) is 3.01. The number of nitrogens with zero attached hydrogens (tertiary/aromatic N) is 2. The highest BCUT2D eigenvalue weighted by atomic mass is 16.5. The summed E-state index contributed by atoms with van der Waals surface area (Å²) in [6, 6.07) is 10.4. The number of hydrogen-bond acceptors (Lipinski definition) is 3. The molecule has 0 spiro atoms. The van der Waals surface area contributed by atoms with Crippen molar-refractivity contribution in [2.24, 2.45) is 5.92 Å². The van der Waals surface area contributed by atoms with Crippen LogP contribution < -0.4 is 4.90 Å². The molecule has 1 aromatic carbocycles. The number of carbonyl (C=O) groups is 1. The van der Waals surface area contributed by atoms with E-state index in [9.17, 15) is 4.79 Å². The van der Waals surface area contributed by atoms with Crippen molar-refractivity contribution in [2.75, 3.05) is 37.7 Å². The summed E-state index contributed by atoms with van der Waals surface area (Å²) in [7, 11) is 0. The van der Waals surface area contributed by atoms with Crippen LogP contribution in [-0.2, 0) is 9.53 Å². The zero-order chi connectivity index (χ0) is 14.7. The minimum atomic E-state index is 0.211. The van der Waals surface area contributed by atoms with Gasteiger partial charge in [-0.25, -0.2) is 0 Å². The van der Waals surface area contributed by atoms with Crippen molar-refractivity contribution in [3.63, 3.8) is 0 Å². The molecule has 0 unspecified atom stereocenters. The van der Waals surface area contributed by atoms with E-state index in [2.05, 4.69) is 11.8 Å². The number of morpholine rings is 1. The van der Waals surface area contributed by atoms with Gasteiger partial charge in [0.25, 0.3) is 0 Å². The lowest BCUT2D eigenvalue weighted by molar-refractivity contribution is -0.121. The smallest absolute Gasteiger partial charge is 0.241 e. The van der Waals surface area contributed by atoms with Gasteiger partial charge in [-0.05, 0) is 37.8 Å². The van der Waals surface area contributed by atoms with Gasteiger partial charge in [0.1, 0.15) is 0 Å². The quantitative estimate of drug-likeness (QED) is 0.832. The zero-order valence-electron chi connectivity index (χ0n) is 12.7. The lowest BCUT2D eigenvalue weighted by Gasteiger charge is -2.33. The largest absolute Gasteiger partial charge is 0.379 e. The number of carbonyl (C=O) groups excluding carboxylic acids is 1. The van der Waals surface area contributed by atoms with Crippen LogP contribution in [0.2, 0.25) is 0 Å². The standard InChI is InChI=1S/C17H24N2O2/c1-14(15-7-8-15)19(16-5-3-2-4-6-16)17(20)13-18-9-11-21-12-10-18/h2-6,14-15H,7-13H2,1H3/t14-/m1/s1. The highest BCUT2D eigenvalue weighted by molar-refractivity contribution is 5.95. The molecule has 21 heavy (non-hydrogen) atoms. The highest BCUT2D eigenvalue weighted by Crippen LogP contribution is 2.37. The Morgan fingerprint density at radius 2 is 1.95 bits per heavy atom. The van der Waals surface area contributed by atoms with E-state index in [0.717, 1.165) is 32.0 Å². The van der Waals surface area contributed by atoms with E-state index in [4.69, 9.17) is 4.74 Å². The third kappa shape index (κ3) is 3.63. The van der Waals surface area contributed by atoms with Crippen LogP contribution in [-0.4, -0.2) is 49.7 Å². The van der Waals surface area contributed by atoms with Gasteiger partial charge in [0, 0.05) is 24.8 Å². The molecule has 1 aliphatic heterocycles. The van der Waals surface area contributed by atoms with E-state index in [1.807, 2.05) is 35.2 Å². The fourth-order valence-electron chi connectivity index (χ4n) is 3.01. The lowest BCUT2D eigenvalue weighted by atomic mass is 10.1. The van der Waals surface area contributed by atoms with Crippen molar-refractivity contribution in [3.05, 3.63) is 30.3 Å². The molecule has 0 radical (unpaired) electrons. The van der Waals surface area contributed by atoms with Crippen LogP contribution in [0.15, 0.2) is 30.3 Å². The van der Waals surface area contributed by atoms with Crippen LogP contribution in [0.4, 0.5) is 5.69 Å². The van der Waals surface area contributed by atoms with Gasteiger partial charge < -0.3 is 9.64 Å². The van der Waals surface area contributed by atoms with Gasteiger partial charge >= 0.3 is 0 Å². The first-order valence-electron chi connectivity index (χ1n) is 7.93. The first kappa shape index (κ1) is 14.5. The van der Waals surface area contributed by atoms with Gasteiger partial charge in [-0.2, -0.15) is 0 Å². The summed E-state index contributed by atoms with van der Waals surface area (Å²) in [6.45, 7) is 5.85. The Hall–Kier alpha value is -1.39. The van der Waals surface area contributed by atoms with Crippen LogP contribution in [0.3, 0.4) is 0 Å². The molecule has 0 bridgehead atoms. The van der Waals surface area contributed by atoms with Crippen molar-refractivity contribution in [1.29, 1.82) is 0 Å². The minimum absolute atomic E-state index is 0.211. The van der Waals surface area contributed by atoms with E-state index in [1.54, 1.807) is 0 Å². The zero-order valence-corrected chi connectivity index (χ0v) is 12.7. The topological polar surface area (TPSA) is 32.8 Å². The normalized spacial score (nSPS) is 21.0. The molecule has 0 N–H and O–H groups in total. The third-order valence-corrected chi connectivity index (χ3v) is 4.48. The maximum atomic E-state index is 12.8. The average Bonchev–Trinajstić information content (AvgIpc) is 3.34. The van der Waals surface area contributed by atoms with Crippen LogP contribution in [0.25, 0.3) is 0 Å². The first-order chi connectivity index (χ1) is 10.3. The Morgan fingerprint density at radius 1 is 1.29 bits per heavy atom. The van der Waals surface area contributed by atoms with E-state index in [-0.39, 0.29) is 5.91 Å². The number of amides is 1. The summed E-state index contributed by atoms with van der Waals surface area (Å²) >= 11 is 0. The van der Waals surface area contributed by atoms with Crippen LogP contribution in [0, 0.1) is 5.92 Å². The molecule has 1 saturated heterocycles. The second-order valence-electron chi connectivity index (χ2n) is 6.07. The molecule has 0 aromatic heterocycles. The molecule has 1 amide bonds. The molecular weight excluding hydrogens is 264 g/mol. The average molecular weight is 288 g/mol. The Kier molecular flexibility index (Phi) is 4.56. The van der Waals surface area contributed by atoms with E-state index >= 15 is 0 Å². The molecule has 3 rings (SSSR count). The number of ether oxygens (including phenoxy) is 1. The Labute approximate surface area is 126 Å². The fraction of sp³-hybridized carbons (Fsp3) is 0.588. The molecule has 4 heteroatoms. The Balaban J connectivity index is 1.72. The van der Waals surface area contributed by atoms with Crippen molar-refractivity contribution >= 4 is 11.6 Å². The number of rotatable bonds is 5. The number of hydrogen-bond donors (Lipinski definition) is 0. The SMILES string of the molecule is C[C@H](C1CC1)N(C(=O)CN1CCOCC1)c1ccccc1. The molecule has 4 nitrogen and oxygen atoms in total. The Bertz CT molecular complexity index is 467. The highest BCUT2D eigenvalue weighted by Gasteiger charge is 2.35. The van der Waals surface area contributed by atoms with Crippen molar-refractivity contribution in [1.82, 2.24) is 4.90 Å². The molecular formula is C17H24N2O2. The van der Waals surface area contributed by atoms with E-state index in [0.29, 0.717) is 18.5 Å². The molecule has 1 heterocycles. The minimum Gasteiger partial charge on any atom is -0.379 e. The van der Waals surface area contributed by atoms with Crippen molar-refractivity contribution < 1.29 is 9.53 Å². The molecule has 1 aliphatic carbocycles. The lowest BCUT2D eigenvalue weighted by Crippen LogP contribution is -2.48.